The van der Waals surface area contributed by atoms with Gasteiger partial charge in [-0.05, 0) is 30.4 Å². The Labute approximate surface area is 139 Å². The van der Waals surface area contributed by atoms with E-state index in [0.29, 0.717) is 6.42 Å². The summed E-state index contributed by atoms with van der Waals surface area (Å²) in [4.78, 5) is 14.1. The van der Waals surface area contributed by atoms with E-state index in [-0.39, 0.29) is 29.4 Å². The van der Waals surface area contributed by atoms with E-state index in [1.54, 1.807) is 18.0 Å². The molecule has 0 N–H and O–H groups in total. The van der Waals surface area contributed by atoms with Gasteiger partial charge in [-0.2, -0.15) is 0 Å². The number of nitrogens with zero attached hydrogens (tertiary/aromatic N) is 1. The van der Waals surface area contributed by atoms with Gasteiger partial charge in [0, 0.05) is 19.2 Å². The fraction of sp³-hybridized carbons (Fsp3) is 0.500. The number of likely N-dealkylation sites (N-methyl/N-ethyl adjacent to an activating group) is 1. The highest BCUT2D eigenvalue weighted by atomic mass is 32.2. The Hall–Kier alpha value is -1.62. The monoisotopic (exact) mass is 335 g/mol. The van der Waals surface area contributed by atoms with Gasteiger partial charge in [-0.1, -0.05) is 43.7 Å². The molecule has 0 aliphatic carbocycles. The van der Waals surface area contributed by atoms with Gasteiger partial charge in [0.05, 0.1) is 11.5 Å². The lowest BCUT2D eigenvalue weighted by Gasteiger charge is -2.23. The van der Waals surface area contributed by atoms with E-state index in [4.69, 9.17) is 0 Å². The molecule has 2 rings (SSSR count). The number of carbonyl (C=O) groups excluding carboxylic acids is 1. The molecule has 1 aliphatic rings. The molecule has 0 saturated carbocycles. The number of hydrogen-bond donors (Lipinski definition) is 0. The van der Waals surface area contributed by atoms with Crippen LogP contribution >= 0.6 is 0 Å². The summed E-state index contributed by atoms with van der Waals surface area (Å²) in [5.74, 6) is 0.331. The van der Waals surface area contributed by atoms with Gasteiger partial charge in [-0.25, -0.2) is 8.42 Å². The van der Waals surface area contributed by atoms with Gasteiger partial charge < -0.3 is 4.90 Å². The van der Waals surface area contributed by atoms with Crippen molar-refractivity contribution in [3.63, 3.8) is 0 Å². The fourth-order valence-electron chi connectivity index (χ4n) is 2.82. The molecular weight excluding hydrogens is 310 g/mol. The minimum absolute atomic E-state index is 0.0740. The molecule has 1 aromatic rings. The zero-order valence-electron chi connectivity index (χ0n) is 14.2. The van der Waals surface area contributed by atoms with Crippen molar-refractivity contribution < 1.29 is 13.2 Å². The fourth-order valence-corrected chi connectivity index (χ4v) is 4.60. The number of aryl methyl sites for hydroxylation is 1. The first-order valence-electron chi connectivity index (χ1n) is 7.95. The lowest BCUT2D eigenvalue weighted by molar-refractivity contribution is -0.126. The van der Waals surface area contributed by atoms with Crippen molar-refractivity contribution in [2.24, 2.45) is 5.92 Å². The van der Waals surface area contributed by atoms with Crippen molar-refractivity contribution in [1.82, 2.24) is 4.90 Å². The van der Waals surface area contributed by atoms with Crippen molar-refractivity contribution in [2.75, 3.05) is 18.6 Å². The Morgan fingerprint density at radius 3 is 2.35 bits per heavy atom. The largest absolute Gasteiger partial charge is 0.338 e. The molecule has 0 aromatic heterocycles. The zero-order chi connectivity index (χ0) is 17.2. The van der Waals surface area contributed by atoms with Gasteiger partial charge in [0.25, 0.3) is 0 Å². The molecule has 1 saturated heterocycles. The summed E-state index contributed by atoms with van der Waals surface area (Å²) in [5, 5.41) is 0. The van der Waals surface area contributed by atoms with Crippen LogP contribution in [0.1, 0.15) is 31.4 Å². The van der Waals surface area contributed by atoms with E-state index in [9.17, 15) is 13.2 Å². The summed E-state index contributed by atoms with van der Waals surface area (Å²) in [6.45, 7) is 6.14. The highest BCUT2D eigenvalue weighted by Crippen LogP contribution is 2.24. The van der Waals surface area contributed by atoms with Gasteiger partial charge in [0.1, 0.15) is 0 Å². The zero-order valence-corrected chi connectivity index (χ0v) is 15.1. The normalized spacial score (nSPS) is 20.7. The second-order valence-electron chi connectivity index (χ2n) is 6.63. The summed E-state index contributed by atoms with van der Waals surface area (Å²) in [6, 6.07) is 7.89. The van der Waals surface area contributed by atoms with Gasteiger partial charge in [-0.15, -0.1) is 0 Å². The van der Waals surface area contributed by atoms with Gasteiger partial charge in [0.15, 0.2) is 9.84 Å². The Morgan fingerprint density at radius 1 is 1.26 bits per heavy atom. The maximum Gasteiger partial charge on any atom is 0.246 e. The Bertz CT molecular complexity index is 702. The van der Waals surface area contributed by atoms with Crippen LogP contribution in [0.15, 0.2) is 30.3 Å². The van der Waals surface area contributed by atoms with E-state index < -0.39 is 9.84 Å². The Morgan fingerprint density at radius 2 is 1.87 bits per heavy atom. The lowest BCUT2D eigenvalue weighted by Crippen LogP contribution is -2.37. The molecule has 1 unspecified atom stereocenters. The quantitative estimate of drug-likeness (QED) is 0.795. The number of rotatable bonds is 4. The average molecular weight is 335 g/mol. The van der Waals surface area contributed by atoms with Crippen molar-refractivity contribution in [1.29, 1.82) is 0 Å². The van der Waals surface area contributed by atoms with E-state index in [2.05, 4.69) is 13.8 Å². The molecule has 4 nitrogen and oxygen atoms in total. The molecule has 1 heterocycles. The Kier molecular flexibility index (Phi) is 5.30. The number of amides is 1. The van der Waals surface area contributed by atoms with Crippen LogP contribution in [-0.2, 0) is 14.6 Å². The number of allylic oxidation sites excluding steroid dienone is 1. The van der Waals surface area contributed by atoms with Crippen LogP contribution in [0.5, 0.6) is 0 Å². The third-order valence-electron chi connectivity index (χ3n) is 4.39. The molecule has 0 radical (unpaired) electrons. The summed E-state index contributed by atoms with van der Waals surface area (Å²) in [6.07, 6.45) is 2.18. The lowest BCUT2D eigenvalue weighted by atomic mass is 9.94. The first-order chi connectivity index (χ1) is 10.7. The molecule has 0 spiro atoms. The number of carbonyl (C=O) groups is 1. The second kappa shape index (κ2) is 6.87. The van der Waals surface area contributed by atoms with E-state index in [0.717, 1.165) is 11.1 Å². The highest BCUT2D eigenvalue weighted by molar-refractivity contribution is 7.91. The highest BCUT2D eigenvalue weighted by Gasteiger charge is 2.32. The standard InChI is InChI=1S/C18H25NO3S/c1-13(2)17(15-7-5-14(3)6-8-15)11-18(20)19(4)16-9-10-23(21,22)12-16/h5-8,11,13,16H,9-10,12H2,1-4H3/b17-11+. The topological polar surface area (TPSA) is 54.5 Å². The first kappa shape index (κ1) is 17.7. The Balaban J connectivity index is 2.22. The molecule has 5 heteroatoms. The minimum Gasteiger partial charge on any atom is -0.338 e. The molecule has 1 fully saturated rings. The van der Waals surface area contributed by atoms with Gasteiger partial charge >= 0.3 is 0 Å². The predicted octanol–water partition coefficient (Wildman–Crippen LogP) is 2.68. The third-order valence-corrected chi connectivity index (χ3v) is 6.14. The average Bonchev–Trinajstić information content (AvgIpc) is 2.84. The summed E-state index contributed by atoms with van der Waals surface area (Å²) < 4.78 is 23.2. The summed E-state index contributed by atoms with van der Waals surface area (Å²) in [5.41, 5.74) is 3.19. The van der Waals surface area contributed by atoms with Crippen LogP contribution in [0.25, 0.3) is 5.57 Å². The molecule has 1 amide bonds. The van der Waals surface area contributed by atoms with E-state index >= 15 is 0 Å². The molecule has 1 aromatic carbocycles. The van der Waals surface area contributed by atoms with E-state index in [1.165, 1.54) is 5.56 Å². The summed E-state index contributed by atoms with van der Waals surface area (Å²) >= 11 is 0. The number of sulfone groups is 1. The molecule has 23 heavy (non-hydrogen) atoms. The number of hydrogen-bond acceptors (Lipinski definition) is 3. The van der Waals surface area contributed by atoms with Crippen LogP contribution in [0.3, 0.4) is 0 Å². The SMILES string of the molecule is Cc1ccc(/C(=C/C(=O)N(C)C2CCS(=O)(=O)C2)C(C)C)cc1. The van der Waals surface area contributed by atoms with Gasteiger partial charge in [-0.3, -0.25) is 4.79 Å². The van der Waals surface area contributed by atoms with E-state index in [1.807, 2.05) is 31.2 Å². The van der Waals surface area contributed by atoms with Gasteiger partial charge in [0.2, 0.25) is 5.91 Å². The third kappa shape index (κ3) is 4.44. The van der Waals surface area contributed by atoms with Crippen molar-refractivity contribution in [3.05, 3.63) is 41.5 Å². The predicted molar refractivity (Wildman–Crippen MR) is 93.8 cm³/mol. The maximum absolute atomic E-state index is 12.6. The van der Waals surface area contributed by atoms with Crippen molar-refractivity contribution in [2.45, 2.75) is 33.2 Å². The van der Waals surface area contributed by atoms with Crippen molar-refractivity contribution >= 4 is 21.3 Å². The smallest absolute Gasteiger partial charge is 0.246 e. The molecule has 1 atom stereocenters. The van der Waals surface area contributed by atoms with Crippen molar-refractivity contribution in [3.8, 4) is 0 Å². The maximum atomic E-state index is 12.6. The van der Waals surface area contributed by atoms with Crippen LogP contribution in [0, 0.1) is 12.8 Å². The molecular formula is C18H25NO3S. The summed E-state index contributed by atoms with van der Waals surface area (Å²) in [7, 11) is -1.30. The van der Waals surface area contributed by atoms with Crippen LogP contribution in [0.2, 0.25) is 0 Å². The van der Waals surface area contributed by atoms with Crippen LogP contribution < -0.4 is 0 Å². The first-order valence-corrected chi connectivity index (χ1v) is 9.77. The molecule has 126 valence electrons. The van der Waals surface area contributed by atoms with Crippen LogP contribution in [-0.4, -0.2) is 43.8 Å². The number of benzene rings is 1. The van der Waals surface area contributed by atoms with Crippen LogP contribution in [0.4, 0.5) is 0 Å². The minimum atomic E-state index is -2.99. The molecule has 0 bridgehead atoms. The second-order valence-corrected chi connectivity index (χ2v) is 8.86. The molecule has 1 aliphatic heterocycles.